The van der Waals surface area contributed by atoms with Gasteiger partial charge >= 0.3 is 0 Å². The fourth-order valence-electron chi connectivity index (χ4n) is 2.51. The van der Waals surface area contributed by atoms with Crippen molar-refractivity contribution in [3.05, 3.63) is 46.9 Å². The maximum absolute atomic E-state index is 13.0. The fourth-order valence-corrected chi connectivity index (χ4v) is 2.73. The molecule has 24 heavy (non-hydrogen) atoms. The van der Waals surface area contributed by atoms with Gasteiger partial charge in [-0.1, -0.05) is 11.6 Å². The highest BCUT2D eigenvalue weighted by atomic mass is 35.5. The Morgan fingerprint density at radius 2 is 2.38 bits per heavy atom. The minimum Gasteiger partial charge on any atom is -0.482 e. The van der Waals surface area contributed by atoms with Crippen LogP contribution in [0.3, 0.4) is 0 Å². The van der Waals surface area contributed by atoms with Crippen molar-refractivity contribution in [3.63, 3.8) is 0 Å². The van der Waals surface area contributed by atoms with Crippen LogP contribution in [0, 0.1) is 5.82 Å². The standard InChI is InChI=1S/C16H16ClFN2O4/c17-12-6-10(18)3-4-14(12)23-9-15-19-13(8-24-15)16(22)20-5-1-2-11(21)7-20/h3-4,6,8,11,21H,1-2,5,7,9H2/t11-/m0/s1. The van der Waals surface area contributed by atoms with Crippen molar-refractivity contribution in [2.75, 3.05) is 13.1 Å². The van der Waals surface area contributed by atoms with Crippen molar-refractivity contribution in [1.29, 1.82) is 0 Å². The number of rotatable bonds is 4. The van der Waals surface area contributed by atoms with E-state index in [9.17, 15) is 14.3 Å². The number of amides is 1. The molecule has 1 aliphatic heterocycles. The first-order valence-corrected chi connectivity index (χ1v) is 7.90. The lowest BCUT2D eigenvalue weighted by Gasteiger charge is -2.29. The summed E-state index contributed by atoms with van der Waals surface area (Å²) in [6.07, 6.45) is 2.20. The van der Waals surface area contributed by atoms with Crippen molar-refractivity contribution in [3.8, 4) is 5.75 Å². The van der Waals surface area contributed by atoms with Gasteiger partial charge in [-0.15, -0.1) is 0 Å². The number of piperidine rings is 1. The molecule has 0 spiro atoms. The number of hydrogen-bond acceptors (Lipinski definition) is 5. The first kappa shape index (κ1) is 16.7. The lowest BCUT2D eigenvalue weighted by Crippen LogP contribution is -2.42. The smallest absolute Gasteiger partial charge is 0.275 e. The molecule has 0 aliphatic carbocycles. The van der Waals surface area contributed by atoms with Crippen molar-refractivity contribution < 1.29 is 23.4 Å². The number of aromatic nitrogens is 1. The molecule has 1 aliphatic rings. The van der Waals surface area contributed by atoms with Gasteiger partial charge in [0.2, 0.25) is 5.89 Å². The quantitative estimate of drug-likeness (QED) is 0.913. The van der Waals surface area contributed by atoms with E-state index in [2.05, 4.69) is 4.98 Å². The summed E-state index contributed by atoms with van der Waals surface area (Å²) < 4.78 is 23.6. The van der Waals surface area contributed by atoms with Gasteiger partial charge in [0.1, 0.15) is 17.8 Å². The van der Waals surface area contributed by atoms with Gasteiger partial charge in [-0.05, 0) is 31.0 Å². The van der Waals surface area contributed by atoms with E-state index in [4.69, 9.17) is 20.8 Å². The van der Waals surface area contributed by atoms with E-state index < -0.39 is 11.9 Å². The van der Waals surface area contributed by atoms with E-state index in [1.807, 2.05) is 0 Å². The first-order chi connectivity index (χ1) is 11.5. The van der Waals surface area contributed by atoms with E-state index in [1.165, 1.54) is 18.4 Å². The molecule has 2 aromatic rings. The summed E-state index contributed by atoms with van der Waals surface area (Å²) in [5, 5.41) is 9.78. The molecule has 1 atom stereocenters. The summed E-state index contributed by atoms with van der Waals surface area (Å²) in [6, 6.07) is 3.78. The second-order valence-electron chi connectivity index (χ2n) is 5.54. The molecular weight excluding hydrogens is 339 g/mol. The molecule has 1 saturated heterocycles. The molecule has 3 rings (SSSR count). The summed E-state index contributed by atoms with van der Waals surface area (Å²) >= 11 is 5.87. The zero-order valence-electron chi connectivity index (χ0n) is 12.7. The van der Waals surface area contributed by atoms with Crippen LogP contribution in [-0.2, 0) is 6.61 Å². The zero-order chi connectivity index (χ0) is 17.1. The number of likely N-dealkylation sites (tertiary alicyclic amines) is 1. The second kappa shape index (κ2) is 7.19. The van der Waals surface area contributed by atoms with Gasteiger partial charge < -0.3 is 19.2 Å². The Morgan fingerprint density at radius 3 is 3.12 bits per heavy atom. The highest BCUT2D eigenvalue weighted by Crippen LogP contribution is 2.25. The number of benzene rings is 1. The molecule has 1 aromatic heterocycles. The minimum atomic E-state index is -0.502. The third-order valence-corrected chi connectivity index (χ3v) is 4.00. The lowest BCUT2D eigenvalue weighted by atomic mass is 10.1. The van der Waals surface area contributed by atoms with Crippen molar-refractivity contribution >= 4 is 17.5 Å². The number of carbonyl (C=O) groups excluding carboxylic acids is 1. The number of nitrogens with zero attached hydrogens (tertiary/aromatic N) is 2. The molecule has 1 aromatic carbocycles. The van der Waals surface area contributed by atoms with Crippen LogP contribution in [0.2, 0.25) is 5.02 Å². The molecule has 1 fully saturated rings. The summed E-state index contributed by atoms with van der Waals surface area (Å²) in [5.74, 6) is -0.247. The van der Waals surface area contributed by atoms with Crippen molar-refractivity contribution in [2.24, 2.45) is 0 Å². The number of aliphatic hydroxyl groups is 1. The van der Waals surface area contributed by atoms with E-state index >= 15 is 0 Å². The normalized spacial score (nSPS) is 17.8. The van der Waals surface area contributed by atoms with Crippen LogP contribution in [0.15, 0.2) is 28.9 Å². The van der Waals surface area contributed by atoms with Gasteiger partial charge in [0.15, 0.2) is 12.3 Å². The number of hydrogen-bond donors (Lipinski definition) is 1. The third kappa shape index (κ3) is 3.85. The van der Waals surface area contributed by atoms with Crippen LogP contribution in [0.5, 0.6) is 5.75 Å². The Kier molecular flexibility index (Phi) is 5.01. The van der Waals surface area contributed by atoms with Gasteiger partial charge in [0.25, 0.3) is 5.91 Å². The molecule has 2 heterocycles. The zero-order valence-corrected chi connectivity index (χ0v) is 13.5. The van der Waals surface area contributed by atoms with E-state index in [0.717, 1.165) is 12.5 Å². The molecule has 128 valence electrons. The Bertz CT molecular complexity index is 737. The summed E-state index contributed by atoms with van der Waals surface area (Å²) in [5.41, 5.74) is 0.160. The van der Waals surface area contributed by atoms with Crippen LogP contribution in [0.1, 0.15) is 29.2 Å². The van der Waals surface area contributed by atoms with Crippen LogP contribution < -0.4 is 4.74 Å². The Balaban J connectivity index is 1.62. The summed E-state index contributed by atoms with van der Waals surface area (Å²) in [7, 11) is 0. The number of oxazole rings is 1. The minimum absolute atomic E-state index is 0.0404. The van der Waals surface area contributed by atoms with Gasteiger partial charge in [0.05, 0.1) is 11.1 Å². The van der Waals surface area contributed by atoms with Crippen LogP contribution >= 0.6 is 11.6 Å². The van der Waals surface area contributed by atoms with E-state index in [1.54, 1.807) is 4.90 Å². The number of β-amino-alcohol motifs (C(OH)–C–C–N with tert-alkyl or cyclic N) is 1. The highest BCUT2D eigenvalue weighted by Gasteiger charge is 2.25. The van der Waals surface area contributed by atoms with Gasteiger partial charge in [-0.3, -0.25) is 4.79 Å². The number of ether oxygens (including phenoxy) is 1. The topological polar surface area (TPSA) is 75.8 Å². The van der Waals surface area contributed by atoms with Gasteiger partial charge in [-0.25, -0.2) is 9.37 Å². The maximum Gasteiger partial charge on any atom is 0.275 e. The molecular formula is C16H16ClFN2O4. The second-order valence-corrected chi connectivity index (χ2v) is 5.94. The van der Waals surface area contributed by atoms with Crippen molar-refractivity contribution in [1.82, 2.24) is 9.88 Å². The largest absolute Gasteiger partial charge is 0.482 e. The van der Waals surface area contributed by atoms with Gasteiger partial charge in [0, 0.05) is 13.1 Å². The first-order valence-electron chi connectivity index (χ1n) is 7.52. The van der Waals surface area contributed by atoms with E-state index in [0.29, 0.717) is 25.3 Å². The number of aliphatic hydroxyl groups excluding tert-OH is 1. The predicted octanol–water partition coefficient (Wildman–Crippen LogP) is 2.64. The molecule has 1 amide bonds. The summed E-state index contributed by atoms with van der Waals surface area (Å²) in [4.78, 5) is 18.0. The van der Waals surface area contributed by atoms with E-state index in [-0.39, 0.29) is 29.1 Å². The average molecular weight is 355 g/mol. The Labute approximate surface area is 142 Å². The molecule has 6 nitrogen and oxygen atoms in total. The molecule has 1 N–H and O–H groups in total. The highest BCUT2D eigenvalue weighted by molar-refractivity contribution is 6.32. The average Bonchev–Trinajstić information content (AvgIpc) is 3.02. The third-order valence-electron chi connectivity index (χ3n) is 3.70. The lowest BCUT2D eigenvalue weighted by molar-refractivity contribution is 0.0469. The molecule has 8 heteroatoms. The monoisotopic (exact) mass is 354 g/mol. The number of halogens is 2. The fraction of sp³-hybridized carbons (Fsp3) is 0.375. The summed E-state index contributed by atoms with van der Waals surface area (Å²) in [6.45, 7) is 0.837. The van der Waals surface area contributed by atoms with Crippen LogP contribution in [-0.4, -0.2) is 40.1 Å². The maximum atomic E-state index is 13.0. The molecule has 0 unspecified atom stereocenters. The Morgan fingerprint density at radius 1 is 1.54 bits per heavy atom. The number of carbonyl (C=O) groups is 1. The van der Waals surface area contributed by atoms with Gasteiger partial charge in [-0.2, -0.15) is 0 Å². The van der Waals surface area contributed by atoms with Crippen LogP contribution in [0.4, 0.5) is 4.39 Å². The Hall–Kier alpha value is -2.12. The molecule has 0 radical (unpaired) electrons. The SMILES string of the molecule is O=C(c1coc(COc2ccc(F)cc2Cl)n1)N1CCC[C@H](O)C1. The predicted molar refractivity (Wildman–Crippen MR) is 83.4 cm³/mol. The van der Waals surface area contributed by atoms with Crippen molar-refractivity contribution in [2.45, 2.75) is 25.6 Å². The molecule has 0 bridgehead atoms. The van der Waals surface area contributed by atoms with Crippen LogP contribution in [0.25, 0.3) is 0 Å². The molecule has 0 saturated carbocycles.